The molecule has 1 saturated heterocycles. The highest BCUT2D eigenvalue weighted by Gasteiger charge is 2.41. The van der Waals surface area contributed by atoms with Crippen molar-refractivity contribution in [3.05, 3.63) is 60.1 Å². The van der Waals surface area contributed by atoms with Crippen molar-refractivity contribution in [2.24, 2.45) is 0 Å². The lowest BCUT2D eigenvalue weighted by molar-refractivity contribution is -0.139. The summed E-state index contributed by atoms with van der Waals surface area (Å²) in [5, 5.41) is 2.82. The molecule has 1 aliphatic heterocycles. The summed E-state index contributed by atoms with van der Waals surface area (Å²) in [6.45, 7) is 2.39. The predicted molar refractivity (Wildman–Crippen MR) is 98.0 cm³/mol. The molecule has 0 unspecified atom stereocenters. The number of nitrogens with zero attached hydrogens (tertiary/aromatic N) is 1. The average molecular weight is 358 g/mol. The molecular formula is C19H22N2O3S. The van der Waals surface area contributed by atoms with Crippen molar-refractivity contribution >= 4 is 23.6 Å². The van der Waals surface area contributed by atoms with Gasteiger partial charge in [0.1, 0.15) is 11.4 Å². The average Bonchev–Trinajstić information content (AvgIpc) is 3.31. The fourth-order valence-corrected chi connectivity index (χ4v) is 4.39. The van der Waals surface area contributed by atoms with Gasteiger partial charge in [-0.1, -0.05) is 37.3 Å². The summed E-state index contributed by atoms with van der Waals surface area (Å²) in [4.78, 5) is 26.8. The number of amides is 2. The first-order valence-electron chi connectivity index (χ1n) is 8.47. The summed E-state index contributed by atoms with van der Waals surface area (Å²) >= 11 is 1.60. The van der Waals surface area contributed by atoms with Crippen molar-refractivity contribution in [3.63, 3.8) is 0 Å². The van der Waals surface area contributed by atoms with Gasteiger partial charge in [-0.3, -0.25) is 9.59 Å². The Morgan fingerprint density at radius 1 is 1.28 bits per heavy atom. The number of hydrogen-bond acceptors (Lipinski definition) is 4. The van der Waals surface area contributed by atoms with E-state index in [2.05, 4.69) is 5.32 Å². The summed E-state index contributed by atoms with van der Waals surface area (Å²) in [7, 11) is 0. The number of thioether (sulfide) groups is 1. The number of carbonyl (C=O) groups is 2. The van der Waals surface area contributed by atoms with Crippen LogP contribution >= 0.6 is 11.8 Å². The van der Waals surface area contributed by atoms with Crippen LogP contribution in [0.1, 0.15) is 29.8 Å². The van der Waals surface area contributed by atoms with Gasteiger partial charge in [-0.2, -0.15) is 0 Å². The highest BCUT2D eigenvalue weighted by Crippen LogP contribution is 2.41. The van der Waals surface area contributed by atoms with E-state index < -0.39 is 6.04 Å². The van der Waals surface area contributed by atoms with Gasteiger partial charge in [-0.05, 0) is 18.1 Å². The third-order valence-corrected chi connectivity index (χ3v) is 5.60. The van der Waals surface area contributed by atoms with E-state index in [0.717, 1.165) is 12.0 Å². The number of carbonyl (C=O) groups excluding carboxylic acids is 2. The van der Waals surface area contributed by atoms with Gasteiger partial charge >= 0.3 is 0 Å². The van der Waals surface area contributed by atoms with Crippen LogP contribution in [0.15, 0.2) is 53.3 Å². The van der Waals surface area contributed by atoms with Crippen LogP contribution in [0.2, 0.25) is 0 Å². The number of rotatable bonds is 6. The summed E-state index contributed by atoms with van der Waals surface area (Å²) in [5.41, 5.74) is 2.10. The molecule has 6 heteroatoms. The Morgan fingerprint density at radius 2 is 2.08 bits per heavy atom. The van der Waals surface area contributed by atoms with E-state index in [1.807, 2.05) is 43.3 Å². The van der Waals surface area contributed by atoms with Crippen molar-refractivity contribution in [3.8, 4) is 0 Å². The first-order chi connectivity index (χ1) is 12.2. The van der Waals surface area contributed by atoms with Crippen molar-refractivity contribution in [1.29, 1.82) is 0 Å². The van der Waals surface area contributed by atoms with Gasteiger partial charge in [0.15, 0.2) is 0 Å². The van der Waals surface area contributed by atoms with Crippen molar-refractivity contribution in [1.82, 2.24) is 10.2 Å². The normalized spacial score (nSPS) is 19.8. The highest BCUT2D eigenvalue weighted by atomic mass is 32.2. The molecule has 1 aromatic heterocycles. The molecule has 25 heavy (non-hydrogen) atoms. The number of nitrogens with one attached hydrogen (secondary N) is 1. The van der Waals surface area contributed by atoms with Crippen LogP contribution < -0.4 is 5.32 Å². The summed E-state index contributed by atoms with van der Waals surface area (Å²) < 4.78 is 5.15. The van der Waals surface area contributed by atoms with Gasteiger partial charge in [0, 0.05) is 24.3 Å². The summed E-state index contributed by atoms with van der Waals surface area (Å²) in [5.74, 6) is 0.495. The molecule has 132 valence electrons. The minimum absolute atomic E-state index is 0.0144. The zero-order valence-electron chi connectivity index (χ0n) is 14.2. The molecule has 0 saturated carbocycles. The van der Waals surface area contributed by atoms with E-state index >= 15 is 0 Å². The Hall–Kier alpha value is -2.21. The zero-order chi connectivity index (χ0) is 17.6. The topological polar surface area (TPSA) is 62.6 Å². The monoisotopic (exact) mass is 358 g/mol. The van der Waals surface area contributed by atoms with Crippen LogP contribution in [0.25, 0.3) is 0 Å². The van der Waals surface area contributed by atoms with E-state index in [-0.39, 0.29) is 17.2 Å². The summed E-state index contributed by atoms with van der Waals surface area (Å²) in [6, 6.07) is 11.4. The van der Waals surface area contributed by atoms with Crippen LogP contribution in [0.5, 0.6) is 0 Å². The Bertz CT molecular complexity index is 703. The number of hydrogen-bond donors (Lipinski definition) is 1. The molecule has 1 N–H and O–H groups in total. The number of benzene rings is 1. The van der Waals surface area contributed by atoms with E-state index in [4.69, 9.17) is 4.42 Å². The highest BCUT2D eigenvalue weighted by molar-refractivity contribution is 7.99. The van der Waals surface area contributed by atoms with Gasteiger partial charge in [-0.15, -0.1) is 11.8 Å². The Kier molecular flexibility index (Phi) is 5.81. The standard InChI is InChI=1S/C19H22N2O3S/c1-2-17(22)21-16(13-25-19(21)15-9-11-24-12-15)18(23)20-10-8-14-6-4-3-5-7-14/h3-7,9,11-12,16,19H,2,8,10,13H2,1H3,(H,20,23)/t16-,19-/m0/s1. The molecule has 2 heterocycles. The van der Waals surface area contributed by atoms with Gasteiger partial charge in [0.05, 0.1) is 12.5 Å². The predicted octanol–water partition coefficient (Wildman–Crippen LogP) is 2.99. The molecule has 2 amide bonds. The van der Waals surface area contributed by atoms with E-state index in [0.29, 0.717) is 18.7 Å². The van der Waals surface area contributed by atoms with Crippen LogP contribution in [-0.4, -0.2) is 35.1 Å². The summed E-state index contributed by atoms with van der Waals surface area (Å²) in [6.07, 6.45) is 4.39. The molecule has 1 aromatic carbocycles. The van der Waals surface area contributed by atoms with Gasteiger partial charge < -0.3 is 14.6 Å². The Labute approximate surface area is 151 Å². The fourth-order valence-electron chi connectivity index (χ4n) is 2.96. The van der Waals surface area contributed by atoms with Crippen molar-refractivity contribution in [2.75, 3.05) is 12.3 Å². The second-order valence-corrected chi connectivity index (χ2v) is 7.05. The molecular weight excluding hydrogens is 336 g/mol. The molecule has 0 spiro atoms. The van der Waals surface area contributed by atoms with Crippen LogP contribution in [0.3, 0.4) is 0 Å². The van der Waals surface area contributed by atoms with Crippen LogP contribution in [-0.2, 0) is 16.0 Å². The molecule has 0 bridgehead atoms. The molecule has 5 nitrogen and oxygen atoms in total. The molecule has 2 aromatic rings. The van der Waals surface area contributed by atoms with Crippen LogP contribution in [0, 0.1) is 0 Å². The molecule has 1 aliphatic rings. The van der Waals surface area contributed by atoms with Gasteiger partial charge in [0.2, 0.25) is 11.8 Å². The van der Waals surface area contributed by atoms with E-state index in [1.54, 1.807) is 29.2 Å². The van der Waals surface area contributed by atoms with Crippen molar-refractivity contribution in [2.45, 2.75) is 31.2 Å². The molecule has 2 atom stereocenters. The van der Waals surface area contributed by atoms with E-state index in [1.165, 1.54) is 5.56 Å². The Balaban J connectivity index is 1.63. The van der Waals surface area contributed by atoms with E-state index in [9.17, 15) is 9.59 Å². The molecule has 0 radical (unpaired) electrons. The largest absolute Gasteiger partial charge is 0.472 e. The maximum absolute atomic E-state index is 12.6. The SMILES string of the molecule is CCC(=O)N1[C@H](C(=O)NCCc2ccccc2)CS[C@H]1c1ccoc1. The third kappa shape index (κ3) is 4.07. The second-order valence-electron chi connectivity index (χ2n) is 5.94. The first-order valence-corrected chi connectivity index (χ1v) is 9.52. The maximum Gasteiger partial charge on any atom is 0.243 e. The van der Waals surface area contributed by atoms with Crippen molar-refractivity contribution < 1.29 is 14.0 Å². The lowest BCUT2D eigenvalue weighted by atomic mass is 10.1. The minimum atomic E-state index is -0.437. The molecule has 3 rings (SSSR count). The third-order valence-electron chi connectivity index (χ3n) is 4.28. The Morgan fingerprint density at radius 3 is 2.76 bits per heavy atom. The lowest BCUT2D eigenvalue weighted by Crippen LogP contribution is -2.48. The van der Waals surface area contributed by atoms with Crippen LogP contribution in [0.4, 0.5) is 0 Å². The lowest BCUT2D eigenvalue weighted by Gasteiger charge is -2.28. The van der Waals surface area contributed by atoms with Gasteiger partial charge in [-0.25, -0.2) is 0 Å². The quantitative estimate of drug-likeness (QED) is 0.862. The minimum Gasteiger partial charge on any atom is -0.472 e. The maximum atomic E-state index is 12.6. The fraction of sp³-hybridized carbons (Fsp3) is 0.368. The van der Waals surface area contributed by atoms with Gasteiger partial charge in [0.25, 0.3) is 0 Å². The zero-order valence-corrected chi connectivity index (χ0v) is 15.0. The molecule has 1 fully saturated rings. The smallest absolute Gasteiger partial charge is 0.243 e. The first kappa shape index (κ1) is 17.6. The second kappa shape index (κ2) is 8.25. The molecule has 0 aliphatic carbocycles. The number of furan rings is 1.